The Labute approximate surface area is 201 Å². The fourth-order valence-corrected chi connectivity index (χ4v) is 8.07. The van der Waals surface area contributed by atoms with Crippen LogP contribution in [0.2, 0.25) is 0 Å². The topological polar surface area (TPSA) is 71.7 Å². The lowest BCUT2D eigenvalue weighted by Gasteiger charge is -2.29. The van der Waals surface area contributed by atoms with Crippen molar-refractivity contribution >= 4 is 60.6 Å². The van der Waals surface area contributed by atoms with Crippen molar-refractivity contribution in [1.82, 2.24) is 8.87 Å². The van der Waals surface area contributed by atoms with Gasteiger partial charge in [0.2, 0.25) is 0 Å². The maximum atomic E-state index is 13.2. The molecule has 1 aliphatic heterocycles. The second kappa shape index (κ2) is 9.80. The van der Waals surface area contributed by atoms with Crippen molar-refractivity contribution in [1.29, 1.82) is 0 Å². The molecule has 1 atom stereocenters. The zero-order valence-electron chi connectivity index (χ0n) is 18.4. The van der Waals surface area contributed by atoms with Crippen LogP contribution in [0.5, 0.6) is 0 Å². The molecule has 2 aromatic heterocycles. The predicted molar refractivity (Wildman–Crippen MR) is 134 cm³/mol. The summed E-state index contributed by atoms with van der Waals surface area (Å²) in [5, 5.41) is 1.76. The Hall–Kier alpha value is -1.46. The number of carbonyl (C=O) groups is 1. The van der Waals surface area contributed by atoms with E-state index in [1.165, 1.54) is 38.1 Å². The molecule has 0 saturated carbocycles. The van der Waals surface area contributed by atoms with E-state index in [4.69, 9.17) is 0 Å². The van der Waals surface area contributed by atoms with Crippen LogP contribution in [0, 0.1) is 19.8 Å². The van der Waals surface area contributed by atoms with Gasteiger partial charge in [0.1, 0.15) is 4.21 Å². The summed E-state index contributed by atoms with van der Waals surface area (Å²) in [6.07, 6.45) is 3.39. The number of thiophene rings is 1. The van der Waals surface area contributed by atoms with E-state index >= 15 is 0 Å². The molecule has 1 unspecified atom stereocenters. The van der Waals surface area contributed by atoms with Crippen LogP contribution < -0.4 is 4.80 Å². The van der Waals surface area contributed by atoms with Crippen molar-refractivity contribution in [2.45, 2.75) is 37.4 Å². The summed E-state index contributed by atoms with van der Waals surface area (Å²) in [6.45, 7) is 5.60. The number of thioether (sulfide) groups is 1. The highest BCUT2D eigenvalue weighted by molar-refractivity contribution is 7.98. The SMILES string of the molecule is CSCCn1c(=NC(=O)C2CCCN(S(=O)(=O)c3cccs3)C2)sc2cc(C)c(C)cc21. The Bertz CT molecular complexity index is 1290. The van der Waals surface area contributed by atoms with Crippen molar-refractivity contribution in [3.05, 3.63) is 45.6 Å². The fourth-order valence-electron chi connectivity index (χ4n) is 3.89. The number of rotatable bonds is 6. The molecule has 1 aromatic carbocycles. The highest BCUT2D eigenvalue weighted by atomic mass is 32.2. The standard InChI is InChI=1S/C22H27N3O3S4/c1-15-12-18-19(13-16(15)2)31-22(25(18)9-11-29-3)23-21(26)17-6-4-8-24(14-17)32(27,28)20-7-5-10-30-20/h5,7,10,12-13,17H,4,6,8-9,11,14H2,1-3H3. The van der Waals surface area contributed by atoms with Crippen LogP contribution >= 0.6 is 34.4 Å². The van der Waals surface area contributed by atoms with Crippen molar-refractivity contribution in [3.8, 4) is 0 Å². The van der Waals surface area contributed by atoms with Crippen LogP contribution in [0.25, 0.3) is 10.2 Å². The number of nitrogens with zero attached hydrogens (tertiary/aromatic N) is 3. The summed E-state index contributed by atoms with van der Waals surface area (Å²) < 4.78 is 30.9. The molecular formula is C22H27N3O3S4. The van der Waals surface area contributed by atoms with Gasteiger partial charge in [0.15, 0.2) is 4.80 Å². The van der Waals surface area contributed by atoms with Gasteiger partial charge in [-0.1, -0.05) is 17.4 Å². The summed E-state index contributed by atoms with van der Waals surface area (Å²) in [7, 11) is -3.56. The third-order valence-corrected chi connectivity index (χ3v) is 10.7. The van der Waals surface area contributed by atoms with Crippen LogP contribution in [0.15, 0.2) is 38.8 Å². The van der Waals surface area contributed by atoms with Gasteiger partial charge in [0.05, 0.1) is 16.1 Å². The minimum atomic E-state index is -3.56. The van der Waals surface area contributed by atoms with Crippen molar-refractivity contribution in [3.63, 3.8) is 0 Å². The van der Waals surface area contributed by atoms with Gasteiger partial charge in [-0.15, -0.1) is 11.3 Å². The normalized spacial score (nSPS) is 18.5. The maximum absolute atomic E-state index is 13.2. The first-order valence-electron chi connectivity index (χ1n) is 10.5. The average Bonchev–Trinajstić information content (AvgIpc) is 3.42. The van der Waals surface area contributed by atoms with Crippen LogP contribution in [0.1, 0.15) is 24.0 Å². The first-order chi connectivity index (χ1) is 15.3. The lowest BCUT2D eigenvalue weighted by molar-refractivity contribution is -0.122. The molecule has 0 radical (unpaired) electrons. The number of hydrogen-bond donors (Lipinski definition) is 0. The quantitative estimate of drug-likeness (QED) is 0.497. The molecular weight excluding hydrogens is 483 g/mol. The van der Waals surface area contributed by atoms with Crippen LogP contribution in [0.3, 0.4) is 0 Å². The van der Waals surface area contributed by atoms with Gasteiger partial charge in [0, 0.05) is 25.4 Å². The first kappa shape index (κ1) is 23.7. The number of piperidine rings is 1. The second-order valence-electron chi connectivity index (χ2n) is 8.02. The minimum absolute atomic E-state index is 0.191. The third-order valence-electron chi connectivity index (χ3n) is 5.85. The van der Waals surface area contributed by atoms with Gasteiger partial charge in [-0.3, -0.25) is 4.79 Å². The molecule has 1 fully saturated rings. The van der Waals surface area contributed by atoms with Crippen LogP contribution in [-0.2, 0) is 21.4 Å². The smallest absolute Gasteiger partial charge is 0.252 e. The number of amides is 1. The number of hydrogen-bond acceptors (Lipinski definition) is 6. The minimum Gasteiger partial charge on any atom is -0.316 e. The van der Waals surface area contributed by atoms with E-state index in [1.54, 1.807) is 29.3 Å². The van der Waals surface area contributed by atoms with Crippen molar-refractivity contribution in [2.24, 2.45) is 10.9 Å². The van der Waals surface area contributed by atoms with Gasteiger partial charge in [-0.25, -0.2) is 8.42 Å². The first-order valence-corrected chi connectivity index (χ1v) is 15.1. The summed E-state index contributed by atoms with van der Waals surface area (Å²) in [5.74, 6) is 0.284. The molecule has 1 amide bonds. The molecule has 3 heterocycles. The predicted octanol–water partition coefficient (Wildman–Crippen LogP) is 4.27. The molecule has 172 valence electrons. The van der Waals surface area contributed by atoms with Crippen LogP contribution in [-0.4, -0.2) is 48.3 Å². The number of fused-ring (bicyclic) bond motifs is 1. The fraction of sp³-hybridized carbons (Fsp3) is 0.455. The Morgan fingerprint density at radius 3 is 2.78 bits per heavy atom. The zero-order valence-corrected chi connectivity index (χ0v) is 21.7. The Kier molecular flexibility index (Phi) is 7.26. The Morgan fingerprint density at radius 2 is 2.06 bits per heavy atom. The van der Waals surface area contributed by atoms with Gasteiger partial charge >= 0.3 is 0 Å². The average molecular weight is 510 g/mol. The highest BCUT2D eigenvalue weighted by Gasteiger charge is 2.33. The highest BCUT2D eigenvalue weighted by Crippen LogP contribution is 2.27. The summed E-state index contributed by atoms with van der Waals surface area (Å²) in [4.78, 5) is 18.4. The van der Waals surface area contributed by atoms with Gasteiger partial charge in [-0.05, 0) is 67.7 Å². The van der Waals surface area contributed by atoms with E-state index in [2.05, 4.69) is 41.8 Å². The number of aryl methyl sites for hydroxylation is 3. The number of benzene rings is 1. The van der Waals surface area contributed by atoms with Crippen LogP contribution in [0.4, 0.5) is 0 Å². The number of aromatic nitrogens is 1. The van der Waals surface area contributed by atoms with Crippen molar-refractivity contribution in [2.75, 3.05) is 25.1 Å². The van der Waals surface area contributed by atoms with Gasteiger partial charge in [0.25, 0.3) is 15.9 Å². The molecule has 1 saturated heterocycles. The largest absolute Gasteiger partial charge is 0.316 e. The third kappa shape index (κ3) is 4.75. The van der Waals surface area contributed by atoms with E-state index in [-0.39, 0.29) is 12.5 Å². The lowest BCUT2D eigenvalue weighted by atomic mass is 9.99. The summed E-state index contributed by atoms with van der Waals surface area (Å²) in [6, 6.07) is 7.68. The summed E-state index contributed by atoms with van der Waals surface area (Å²) in [5.41, 5.74) is 3.53. The molecule has 1 aliphatic rings. The number of sulfonamides is 1. The Balaban J connectivity index is 1.65. The molecule has 10 heteroatoms. The molecule has 0 N–H and O–H groups in total. The van der Waals surface area contributed by atoms with Crippen molar-refractivity contribution < 1.29 is 13.2 Å². The van der Waals surface area contributed by atoms with E-state index in [1.807, 2.05) is 0 Å². The second-order valence-corrected chi connectivity index (χ2v) is 13.1. The van der Waals surface area contributed by atoms with Gasteiger partial charge in [-0.2, -0.15) is 21.1 Å². The molecule has 0 spiro atoms. The molecule has 6 nitrogen and oxygen atoms in total. The maximum Gasteiger partial charge on any atom is 0.252 e. The van der Waals surface area contributed by atoms with Gasteiger partial charge < -0.3 is 4.57 Å². The number of thiazole rings is 1. The molecule has 3 aromatic rings. The summed E-state index contributed by atoms with van der Waals surface area (Å²) >= 11 is 4.50. The monoisotopic (exact) mass is 509 g/mol. The molecule has 32 heavy (non-hydrogen) atoms. The molecule has 0 bridgehead atoms. The number of carbonyl (C=O) groups excluding carboxylic acids is 1. The Morgan fingerprint density at radius 1 is 1.28 bits per heavy atom. The molecule has 4 rings (SSSR count). The van der Waals surface area contributed by atoms with E-state index in [9.17, 15) is 13.2 Å². The lowest BCUT2D eigenvalue weighted by Crippen LogP contribution is -2.42. The van der Waals surface area contributed by atoms with E-state index < -0.39 is 15.9 Å². The zero-order chi connectivity index (χ0) is 22.9. The molecule has 0 aliphatic carbocycles. The van der Waals surface area contributed by atoms with E-state index in [0.717, 1.165) is 22.5 Å². The van der Waals surface area contributed by atoms with E-state index in [0.29, 0.717) is 28.4 Å².